The van der Waals surface area contributed by atoms with Gasteiger partial charge in [-0.1, -0.05) is 11.6 Å². The van der Waals surface area contributed by atoms with Crippen molar-refractivity contribution < 1.29 is 4.52 Å². The summed E-state index contributed by atoms with van der Waals surface area (Å²) in [7, 11) is 0. The van der Waals surface area contributed by atoms with E-state index < -0.39 is 0 Å². The van der Waals surface area contributed by atoms with Crippen LogP contribution >= 0.6 is 11.6 Å². The molecule has 0 N–H and O–H groups in total. The monoisotopic (exact) mass is 209 g/mol. The van der Waals surface area contributed by atoms with Gasteiger partial charge < -0.3 is 4.52 Å². The van der Waals surface area contributed by atoms with E-state index in [1.165, 1.54) is 10.8 Å². The van der Waals surface area contributed by atoms with Crippen LogP contribution in [-0.2, 0) is 0 Å². The predicted molar refractivity (Wildman–Crippen MR) is 54.1 cm³/mol. The normalized spacial score (nSPS) is 10.4. The van der Waals surface area contributed by atoms with Gasteiger partial charge in [-0.2, -0.15) is 0 Å². The molecule has 0 fully saturated rings. The molecule has 0 atom stereocenters. The van der Waals surface area contributed by atoms with Crippen molar-refractivity contribution in [3.05, 3.63) is 51.5 Å². The van der Waals surface area contributed by atoms with Gasteiger partial charge in [0.25, 0.3) is 5.56 Å². The fraction of sp³-hybridized carbons (Fsp3) is 0.100. The van der Waals surface area contributed by atoms with Crippen molar-refractivity contribution >= 4 is 11.6 Å². The average molecular weight is 210 g/mol. The third-order valence-corrected chi connectivity index (χ3v) is 2.08. The van der Waals surface area contributed by atoms with Crippen molar-refractivity contribution in [1.82, 2.24) is 4.74 Å². The molecule has 0 saturated carbocycles. The molecule has 3 nitrogen and oxygen atoms in total. The number of aryl methyl sites for hydroxylation is 1. The van der Waals surface area contributed by atoms with Gasteiger partial charge in [0.1, 0.15) is 5.76 Å². The van der Waals surface area contributed by atoms with E-state index in [2.05, 4.69) is 0 Å². The lowest BCUT2D eigenvalue weighted by Crippen LogP contribution is -2.10. The van der Waals surface area contributed by atoms with E-state index in [1.54, 1.807) is 31.2 Å². The predicted octanol–water partition coefficient (Wildman–Crippen LogP) is 2.39. The smallest absolute Gasteiger partial charge is 0.287 e. The first kappa shape index (κ1) is 9.09. The standard InChI is InChI=1S/C10H8ClNO2/c1-7-6-10(13)12(14-7)9-4-2-8(11)3-5-9/h2-6H,1H3. The second kappa shape index (κ2) is 3.35. The van der Waals surface area contributed by atoms with Gasteiger partial charge in [0.05, 0.1) is 5.69 Å². The molecule has 0 unspecified atom stereocenters. The van der Waals surface area contributed by atoms with Gasteiger partial charge in [-0.25, -0.2) is 0 Å². The number of nitrogens with zero attached hydrogens (tertiary/aromatic N) is 1. The van der Waals surface area contributed by atoms with Crippen LogP contribution in [0.2, 0.25) is 5.02 Å². The zero-order valence-corrected chi connectivity index (χ0v) is 8.28. The maximum Gasteiger partial charge on any atom is 0.287 e. The number of hydrogen-bond acceptors (Lipinski definition) is 2. The lowest BCUT2D eigenvalue weighted by molar-refractivity contribution is 0.322. The quantitative estimate of drug-likeness (QED) is 0.723. The molecule has 1 aromatic heterocycles. The van der Waals surface area contributed by atoms with Crippen LogP contribution in [0.1, 0.15) is 5.76 Å². The minimum absolute atomic E-state index is 0.176. The van der Waals surface area contributed by atoms with E-state index in [0.717, 1.165) is 0 Å². The number of rotatable bonds is 1. The van der Waals surface area contributed by atoms with Crippen LogP contribution in [0.4, 0.5) is 0 Å². The second-order valence-electron chi connectivity index (χ2n) is 2.96. The Balaban J connectivity index is 2.54. The zero-order valence-electron chi connectivity index (χ0n) is 7.53. The summed E-state index contributed by atoms with van der Waals surface area (Å²) in [6.07, 6.45) is 0. The lowest BCUT2D eigenvalue weighted by atomic mass is 10.3. The molecule has 4 heteroatoms. The maximum atomic E-state index is 11.4. The van der Waals surface area contributed by atoms with Crippen molar-refractivity contribution in [2.24, 2.45) is 0 Å². The van der Waals surface area contributed by atoms with Crippen molar-refractivity contribution in [1.29, 1.82) is 0 Å². The van der Waals surface area contributed by atoms with Crippen LogP contribution in [0.5, 0.6) is 0 Å². The van der Waals surface area contributed by atoms with Crippen LogP contribution < -0.4 is 5.56 Å². The molecule has 72 valence electrons. The molecular formula is C10H8ClNO2. The highest BCUT2D eigenvalue weighted by Crippen LogP contribution is 2.12. The Bertz CT molecular complexity index is 496. The zero-order chi connectivity index (χ0) is 10.1. The Morgan fingerprint density at radius 3 is 2.43 bits per heavy atom. The summed E-state index contributed by atoms with van der Waals surface area (Å²) in [4.78, 5) is 11.4. The second-order valence-corrected chi connectivity index (χ2v) is 3.39. The Morgan fingerprint density at radius 1 is 1.29 bits per heavy atom. The van der Waals surface area contributed by atoms with E-state index in [-0.39, 0.29) is 5.56 Å². The first-order chi connectivity index (χ1) is 6.66. The summed E-state index contributed by atoms with van der Waals surface area (Å²) in [5, 5.41) is 0.630. The summed E-state index contributed by atoms with van der Waals surface area (Å²) in [6.45, 7) is 1.73. The highest BCUT2D eigenvalue weighted by molar-refractivity contribution is 6.30. The SMILES string of the molecule is Cc1cc(=O)n(-c2ccc(Cl)cc2)o1. The van der Waals surface area contributed by atoms with Gasteiger partial charge in [-0.3, -0.25) is 4.79 Å². The molecular weight excluding hydrogens is 202 g/mol. The fourth-order valence-electron chi connectivity index (χ4n) is 1.20. The minimum atomic E-state index is -0.176. The molecule has 0 radical (unpaired) electrons. The van der Waals surface area contributed by atoms with Gasteiger partial charge in [-0.05, 0) is 31.2 Å². The van der Waals surface area contributed by atoms with Gasteiger partial charge >= 0.3 is 0 Å². The molecule has 2 rings (SSSR count). The summed E-state index contributed by atoms with van der Waals surface area (Å²) < 4.78 is 6.43. The van der Waals surface area contributed by atoms with Crippen molar-refractivity contribution in [3.8, 4) is 5.69 Å². The molecule has 0 bridgehead atoms. The van der Waals surface area contributed by atoms with E-state index in [9.17, 15) is 4.79 Å². The van der Waals surface area contributed by atoms with Crippen molar-refractivity contribution in [3.63, 3.8) is 0 Å². The lowest BCUT2D eigenvalue weighted by Gasteiger charge is -1.98. The Morgan fingerprint density at radius 2 is 1.93 bits per heavy atom. The van der Waals surface area contributed by atoms with Crippen LogP contribution in [-0.4, -0.2) is 4.74 Å². The first-order valence-electron chi connectivity index (χ1n) is 4.13. The highest BCUT2D eigenvalue weighted by Gasteiger charge is 2.04. The van der Waals surface area contributed by atoms with Gasteiger partial charge in [0.2, 0.25) is 0 Å². The first-order valence-corrected chi connectivity index (χ1v) is 4.50. The third kappa shape index (κ3) is 1.59. The number of hydrogen-bond donors (Lipinski definition) is 0. The highest BCUT2D eigenvalue weighted by atomic mass is 35.5. The van der Waals surface area contributed by atoms with Gasteiger partial charge in [0, 0.05) is 11.1 Å². The van der Waals surface area contributed by atoms with Gasteiger partial charge in [-0.15, -0.1) is 4.74 Å². The fourth-order valence-corrected chi connectivity index (χ4v) is 1.33. The number of aromatic nitrogens is 1. The van der Waals surface area contributed by atoms with Crippen LogP contribution in [0.25, 0.3) is 5.69 Å². The molecule has 0 saturated heterocycles. The van der Waals surface area contributed by atoms with Crippen LogP contribution in [0.15, 0.2) is 39.6 Å². The van der Waals surface area contributed by atoms with E-state index in [1.807, 2.05) is 0 Å². The largest absolute Gasteiger partial charge is 0.376 e. The van der Waals surface area contributed by atoms with Crippen molar-refractivity contribution in [2.45, 2.75) is 6.92 Å². The summed E-state index contributed by atoms with van der Waals surface area (Å²) in [5.74, 6) is 0.588. The Hall–Kier alpha value is -1.48. The summed E-state index contributed by atoms with van der Waals surface area (Å²) >= 11 is 5.73. The Labute approximate surface area is 85.5 Å². The molecule has 0 aliphatic heterocycles. The number of halogens is 1. The molecule has 0 spiro atoms. The third-order valence-electron chi connectivity index (χ3n) is 1.82. The molecule has 1 aromatic carbocycles. The average Bonchev–Trinajstić information content (AvgIpc) is 2.47. The Kier molecular flexibility index (Phi) is 2.17. The van der Waals surface area contributed by atoms with Crippen LogP contribution in [0.3, 0.4) is 0 Å². The molecule has 0 aliphatic rings. The van der Waals surface area contributed by atoms with E-state index in [0.29, 0.717) is 16.5 Å². The molecule has 14 heavy (non-hydrogen) atoms. The minimum Gasteiger partial charge on any atom is -0.376 e. The molecule has 2 aromatic rings. The maximum absolute atomic E-state index is 11.4. The molecule has 0 aliphatic carbocycles. The topological polar surface area (TPSA) is 35.1 Å². The number of benzene rings is 1. The molecule has 1 heterocycles. The van der Waals surface area contributed by atoms with Gasteiger partial charge in [0.15, 0.2) is 0 Å². The van der Waals surface area contributed by atoms with Crippen LogP contribution in [0, 0.1) is 6.92 Å². The summed E-state index contributed by atoms with van der Waals surface area (Å²) in [5.41, 5.74) is 0.498. The van der Waals surface area contributed by atoms with E-state index >= 15 is 0 Å². The summed E-state index contributed by atoms with van der Waals surface area (Å²) in [6, 6.07) is 8.32. The molecule has 0 amide bonds. The van der Waals surface area contributed by atoms with Crippen molar-refractivity contribution in [2.75, 3.05) is 0 Å². The van der Waals surface area contributed by atoms with E-state index in [4.69, 9.17) is 16.1 Å².